The first-order valence-corrected chi connectivity index (χ1v) is 8.00. The van der Waals surface area contributed by atoms with Crippen molar-refractivity contribution in [1.82, 2.24) is 9.55 Å². The molecule has 4 nitrogen and oxygen atoms in total. The van der Waals surface area contributed by atoms with E-state index in [1.807, 2.05) is 36.7 Å². The van der Waals surface area contributed by atoms with Crippen LogP contribution < -0.4 is 5.73 Å². The van der Waals surface area contributed by atoms with Crippen molar-refractivity contribution in [1.29, 1.82) is 5.41 Å². The van der Waals surface area contributed by atoms with Gasteiger partial charge in [0.05, 0.1) is 17.9 Å². The average Bonchev–Trinajstić information content (AvgIpc) is 2.97. The Morgan fingerprint density at radius 2 is 1.71 bits per heavy atom. The Morgan fingerprint density at radius 1 is 1.08 bits per heavy atom. The highest BCUT2D eigenvalue weighted by Gasteiger charge is 2.01. The van der Waals surface area contributed by atoms with Crippen LogP contribution in [0, 0.1) is 5.41 Å². The van der Waals surface area contributed by atoms with Gasteiger partial charge in [0, 0.05) is 24.2 Å². The molecule has 124 valence electrons. The summed E-state index contributed by atoms with van der Waals surface area (Å²) in [6, 6.07) is 18.3. The van der Waals surface area contributed by atoms with Gasteiger partial charge in [0.1, 0.15) is 0 Å². The number of aromatic nitrogens is 2. The molecule has 5 heteroatoms. The van der Waals surface area contributed by atoms with E-state index in [1.165, 1.54) is 18.1 Å². The third-order valence-electron chi connectivity index (χ3n) is 3.19. The van der Waals surface area contributed by atoms with E-state index in [4.69, 9.17) is 22.7 Å². The molecule has 3 rings (SSSR count). The normalized spacial score (nSPS) is 9.92. The highest BCUT2D eigenvalue weighted by Crippen LogP contribution is 2.12. The van der Waals surface area contributed by atoms with E-state index in [9.17, 15) is 0 Å². The first-order chi connectivity index (χ1) is 11.5. The Balaban J connectivity index is 0.000000471. The number of nitrogens with one attached hydrogen (secondary N) is 1. The molecule has 0 aliphatic carbocycles. The number of amidine groups is 1. The smallest absolute Gasteiger partial charge is 0.0952 e. The maximum atomic E-state index is 6.28. The predicted octanol–water partition coefficient (Wildman–Crippen LogP) is 4.12. The maximum Gasteiger partial charge on any atom is 0.0952 e. The molecular weight excluding hydrogens is 320 g/mol. The standard InChI is InChI=1S/C17H15ClN2.C2H6N2/c18-16-8-6-15(7-9-16)11-20-12-17(19-13-20)10-14-4-2-1-3-5-14;1-2(3)4/h1-9,12-13H,10-11H2;1H3,(H3,3,4). The fraction of sp³-hybridized carbons (Fsp3) is 0.158. The highest BCUT2D eigenvalue weighted by molar-refractivity contribution is 6.30. The molecule has 0 aliphatic heterocycles. The first-order valence-electron chi connectivity index (χ1n) is 7.62. The lowest BCUT2D eigenvalue weighted by Gasteiger charge is -2.02. The number of hydrogen-bond donors (Lipinski definition) is 2. The molecule has 0 bridgehead atoms. The van der Waals surface area contributed by atoms with Crippen LogP contribution >= 0.6 is 11.6 Å². The van der Waals surface area contributed by atoms with Crippen molar-refractivity contribution in [2.24, 2.45) is 5.73 Å². The SMILES string of the molecule is CC(=N)N.Clc1ccc(Cn2cnc(Cc3ccccc3)c2)cc1. The Labute approximate surface area is 147 Å². The molecule has 0 aliphatic rings. The highest BCUT2D eigenvalue weighted by atomic mass is 35.5. The summed E-state index contributed by atoms with van der Waals surface area (Å²) in [7, 11) is 0. The van der Waals surface area contributed by atoms with Crippen LogP contribution in [-0.2, 0) is 13.0 Å². The van der Waals surface area contributed by atoms with Gasteiger partial charge in [-0.15, -0.1) is 0 Å². The van der Waals surface area contributed by atoms with Crippen molar-refractivity contribution in [3.63, 3.8) is 0 Å². The summed E-state index contributed by atoms with van der Waals surface area (Å²) in [6.07, 6.45) is 4.85. The van der Waals surface area contributed by atoms with Crippen LogP contribution in [0.4, 0.5) is 0 Å². The summed E-state index contributed by atoms with van der Waals surface area (Å²) in [5.41, 5.74) is 8.28. The van der Waals surface area contributed by atoms with E-state index in [0.717, 1.165) is 23.7 Å². The van der Waals surface area contributed by atoms with E-state index in [1.54, 1.807) is 0 Å². The van der Waals surface area contributed by atoms with E-state index in [0.29, 0.717) is 0 Å². The zero-order valence-corrected chi connectivity index (χ0v) is 14.4. The minimum atomic E-state index is 0.167. The zero-order valence-electron chi connectivity index (χ0n) is 13.6. The summed E-state index contributed by atoms with van der Waals surface area (Å²) in [5, 5.41) is 7.05. The molecule has 0 unspecified atom stereocenters. The van der Waals surface area contributed by atoms with Gasteiger partial charge in [0.2, 0.25) is 0 Å². The Morgan fingerprint density at radius 3 is 2.33 bits per heavy atom. The van der Waals surface area contributed by atoms with Gasteiger partial charge < -0.3 is 10.3 Å². The van der Waals surface area contributed by atoms with Crippen molar-refractivity contribution in [2.45, 2.75) is 19.9 Å². The molecule has 1 aromatic heterocycles. The van der Waals surface area contributed by atoms with Gasteiger partial charge in [-0.3, -0.25) is 5.41 Å². The molecule has 0 spiro atoms. The molecule has 0 saturated carbocycles. The van der Waals surface area contributed by atoms with Crippen LogP contribution in [0.1, 0.15) is 23.7 Å². The fourth-order valence-electron chi connectivity index (χ4n) is 2.19. The van der Waals surface area contributed by atoms with Gasteiger partial charge in [-0.25, -0.2) is 4.98 Å². The van der Waals surface area contributed by atoms with Crippen molar-refractivity contribution >= 4 is 17.4 Å². The van der Waals surface area contributed by atoms with Gasteiger partial charge in [0.15, 0.2) is 0 Å². The number of nitrogens with two attached hydrogens (primary N) is 1. The van der Waals surface area contributed by atoms with Crippen LogP contribution in [0.3, 0.4) is 0 Å². The number of imidazole rings is 1. The van der Waals surface area contributed by atoms with Crippen molar-refractivity contribution in [3.05, 3.63) is 89.0 Å². The summed E-state index contributed by atoms with van der Waals surface area (Å²) in [6.45, 7) is 2.35. The molecule has 0 amide bonds. The molecule has 3 aromatic rings. The van der Waals surface area contributed by atoms with Crippen LogP contribution in [-0.4, -0.2) is 15.4 Å². The monoisotopic (exact) mass is 340 g/mol. The number of halogens is 1. The second kappa shape index (κ2) is 8.89. The van der Waals surface area contributed by atoms with Gasteiger partial charge in [-0.05, 0) is 30.2 Å². The first kappa shape index (κ1) is 17.8. The number of rotatable bonds is 4. The summed E-state index contributed by atoms with van der Waals surface area (Å²) in [5.74, 6) is 0.167. The second-order valence-electron chi connectivity index (χ2n) is 5.51. The van der Waals surface area contributed by atoms with Gasteiger partial charge >= 0.3 is 0 Å². The van der Waals surface area contributed by atoms with Crippen LogP contribution in [0.25, 0.3) is 0 Å². The third kappa shape index (κ3) is 6.26. The van der Waals surface area contributed by atoms with E-state index in [2.05, 4.69) is 40.0 Å². The molecule has 1 heterocycles. The van der Waals surface area contributed by atoms with Gasteiger partial charge in [-0.2, -0.15) is 0 Å². The Hall–Kier alpha value is -2.59. The summed E-state index contributed by atoms with van der Waals surface area (Å²) in [4.78, 5) is 4.46. The fourth-order valence-corrected chi connectivity index (χ4v) is 2.32. The summed E-state index contributed by atoms with van der Waals surface area (Å²) < 4.78 is 2.10. The largest absolute Gasteiger partial charge is 0.388 e. The quantitative estimate of drug-likeness (QED) is 0.554. The lowest BCUT2D eigenvalue weighted by molar-refractivity contribution is 0.796. The predicted molar refractivity (Wildman–Crippen MR) is 99.6 cm³/mol. The number of hydrogen-bond acceptors (Lipinski definition) is 2. The molecule has 2 aromatic carbocycles. The molecule has 0 saturated heterocycles. The van der Waals surface area contributed by atoms with E-state index >= 15 is 0 Å². The minimum Gasteiger partial charge on any atom is -0.388 e. The second-order valence-corrected chi connectivity index (χ2v) is 5.95. The van der Waals surface area contributed by atoms with Gasteiger partial charge in [0.25, 0.3) is 0 Å². The molecular formula is C19H21ClN4. The van der Waals surface area contributed by atoms with Gasteiger partial charge in [-0.1, -0.05) is 54.1 Å². The maximum absolute atomic E-state index is 6.28. The van der Waals surface area contributed by atoms with E-state index < -0.39 is 0 Å². The van der Waals surface area contributed by atoms with Crippen LogP contribution in [0.15, 0.2) is 67.1 Å². The summed E-state index contributed by atoms with van der Waals surface area (Å²) >= 11 is 5.89. The van der Waals surface area contributed by atoms with E-state index in [-0.39, 0.29) is 5.84 Å². The minimum absolute atomic E-state index is 0.167. The van der Waals surface area contributed by atoms with Crippen molar-refractivity contribution in [2.75, 3.05) is 0 Å². The Bertz CT molecular complexity index is 760. The average molecular weight is 341 g/mol. The molecule has 3 N–H and O–H groups in total. The molecule has 24 heavy (non-hydrogen) atoms. The lowest BCUT2D eigenvalue weighted by atomic mass is 10.1. The number of benzene rings is 2. The third-order valence-corrected chi connectivity index (χ3v) is 3.45. The lowest BCUT2D eigenvalue weighted by Crippen LogP contribution is -2.00. The molecule has 0 radical (unpaired) electrons. The zero-order chi connectivity index (χ0) is 17.4. The van der Waals surface area contributed by atoms with Crippen molar-refractivity contribution in [3.8, 4) is 0 Å². The number of nitrogens with zero attached hydrogens (tertiary/aromatic N) is 2. The van der Waals surface area contributed by atoms with Crippen molar-refractivity contribution < 1.29 is 0 Å². The molecule has 0 fully saturated rings. The Kier molecular flexibility index (Phi) is 6.58. The van der Waals surface area contributed by atoms with Crippen LogP contribution in [0.5, 0.6) is 0 Å². The van der Waals surface area contributed by atoms with Crippen LogP contribution in [0.2, 0.25) is 5.02 Å². The molecule has 0 atom stereocenters. The topological polar surface area (TPSA) is 67.7 Å².